The fraction of sp³-hybridized carbons (Fsp3) is 0.267. The van der Waals surface area contributed by atoms with Crippen LogP contribution < -0.4 is 10.2 Å². The topological polar surface area (TPSA) is 35.6 Å². The van der Waals surface area contributed by atoms with E-state index in [0.717, 1.165) is 30.0 Å². The van der Waals surface area contributed by atoms with Crippen LogP contribution in [-0.2, 0) is 0 Å². The van der Waals surface area contributed by atoms with Crippen LogP contribution in [0.5, 0.6) is 0 Å². The maximum atomic E-state index is 12.5. The molecule has 3 rings (SSSR count). The summed E-state index contributed by atoms with van der Waals surface area (Å²) in [4.78, 5) is 16.0. The van der Waals surface area contributed by atoms with Crippen LogP contribution in [0.4, 0.5) is 10.5 Å². The van der Waals surface area contributed by atoms with Crippen molar-refractivity contribution >= 4 is 11.7 Å². The van der Waals surface area contributed by atoms with Crippen molar-refractivity contribution < 1.29 is 4.79 Å². The summed E-state index contributed by atoms with van der Waals surface area (Å²) < 4.78 is 0. The summed E-state index contributed by atoms with van der Waals surface area (Å²) in [6.45, 7) is 6.32. The lowest BCUT2D eigenvalue weighted by Crippen LogP contribution is -2.50. The first-order valence-electron chi connectivity index (χ1n) is 6.39. The third-order valence-corrected chi connectivity index (χ3v) is 3.53. The van der Waals surface area contributed by atoms with E-state index < -0.39 is 0 Å². The van der Waals surface area contributed by atoms with Crippen LogP contribution in [0.2, 0.25) is 0 Å². The van der Waals surface area contributed by atoms with Crippen molar-refractivity contribution in [3.05, 3.63) is 53.8 Å². The monoisotopic (exact) mass is 255 g/mol. The lowest BCUT2D eigenvalue weighted by molar-refractivity contribution is 0.217. The van der Waals surface area contributed by atoms with Gasteiger partial charge in [0.2, 0.25) is 0 Å². The molecule has 0 aromatic heterocycles. The SMILES string of the molecule is C=C1CNCC2=C1N(c1ccccc1)C(=O)N(C)C2. The Kier molecular flexibility index (Phi) is 2.87. The van der Waals surface area contributed by atoms with E-state index in [9.17, 15) is 4.79 Å². The van der Waals surface area contributed by atoms with Gasteiger partial charge in [0.05, 0.1) is 11.4 Å². The number of hydrogen-bond acceptors (Lipinski definition) is 2. The number of para-hydroxylation sites is 1. The van der Waals surface area contributed by atoms with Crippen molar-refractivity contribution in [1.82, 2.24) is 10.2 Å². The maximum absolute atomic E-state index is 12.5. The molecule has 2 heterocycles. The molecule has 0 fully saturated rings. The van der Waals surface area contributed by atoms with E-state index in [4.69, 9.17) is 0 Å². The van der Waals surface area contributed by atoms with Gasteiger partial charge in [-0.25, -0.2) is 4.79 Å². The number of urea groups is 1. The molecule has 19 heavy (non-hydrogen) atoms. The number of nitrogens with zero attached hydrogens (tertiary/aromatic N) is 2. The van der Waals surface area contributed by atoms with E-state index in [1.165, 1.54) is 5.57 Å². The number of hydrogen-bond donors (Lipinski definition) is 1. The van der Waals surface area contributed by atoms with E-state index in [2.05, 4.69) is 11.9 Å². The number of anilines is 1. The number of likely N-dealkylation sites (N-methyl/N-ethyl adjacent to an activating group) is 1. The van der Waals surface area contributed by atoms with Crippen LogP contribution in [0.15, 0.2) is 53.8 Å². The Hall–Kier alpha value is -2.07. The van der Waals surface area contributed by atoms with Gasteiger partial charge in [-0.05, 0) is 23.3 Å². The first-order chi connectivity index (χ1) is 9.18. The molecule has 1 aromatic carbocycles. The molecule has 0 unspecified atom stereocenters. The molecule has 2 aliphatic heterocycles. The standard InChI is InChI=1S/C15H17N3O/c1-11-8-16-9-12-10-17(2)15(19)18(14(11)12)13-6-4-3-5-7-13/h3-7,16H,1,8-10H2,2H3. The van der Waals surface area contributed by atoms with Gasteiger partial charge in [-0.3, -0.25) is 4.90 Å². The summed E-state index contributed by atoms with van der Waals surface area (Å²) in [7, 11) is 1.83. The van der Waals surface area contributed by atoms with E-state index in [-0.39, 0.29) is 6.03 Å². The summed E-state index contributed by atoms with van der Waals surface area (Å²) in [5.41, 5.74) is 4.09. The molecule has 0 radical (unpaired) electrons. The van der Waals surface area contributed by atoms with Gasteiger partial charge in [-0.2, -0.15) is 0 Å². The molecule has 0 saturated carbocycles. The first-order valence-corrected chi connectivity index (χ1v) is 6.39. The highest BCUT2D eigenvalue weighted by molar-refractivity contribution is 5.98. The van der Waals surface area contributed by atoms with Crippen molar-refractivity contribution in [2.75, 3.05) is 31.6 Å². The first kappa shape index (κ1) is 12.0. The normalized spacial score (nSPS) is 19.8. The zero-order chi connectivity index (χ0) is 13.4. The average molecular weight is 255 g/mol. The molecular formula is C15H17N3O. The molecule has 4 heteroatoms. The van der Waals surface area contributed by atoms with E-state index in [0.29, 0.717) is 6.54 Å². The highest BCUT2D eigenvalue weighted by Gasteiger charge is 2.33. The van der Waals surface area contributed by atoms with Gasteiger partial charge in [0.25, 0.3) is 0 Å². The van der Waals surface area contributed by atoms with Crippen LogP contribution in [0.25, 0.3) is 0 Å². The smallest absolute Gasteiger partial charge is 0.323 e. The molecule has 2 amide bonds. The van der Waals surface area contributed by atoms with Gasteiger partial charge in [0.15, 0.2) is 0 Å². The second-order valence-electron chi connectivity index (χ2n) is 4.97. The third-order valence-electron chi connectivity index (χ3n) is 3.53. The Balaban J connectivity index is 2.13. The fourth-order valence-corrected chi connectivity index (χ4v) is 2.67. The van der Waals surface area contributed by atoms with Crippen LogP contribution >= 0.6 is 0 Å². The van der Waals surface area contributed by atoms with Crippen molar-refractivity contribution in [3.8, 4) is 0 Å². The number of rotatable bonds is 1. The zero-order valence-corrected chi connectivity index (χ0v) is 11.0. The van der Waals surface area contributed by atoms with Crippen LogP contribution in [-0.4, -0.2) is 37.6 Å². The molecule has 0 spiro atoms. The van der Waals surface area contributed by atoms with Crippen molar-refractivity contribution in [3.63, 3.8) is 0 Å². The van der Waals surface area contributed by atoms with Gasteiger partial charge in [-0.1, -0.05) is 24.8 Å². The van der Waals surface area contributed by atoms with Gasteiger partial charge in [0.1, 0.15) is 0 Å². The Morgan fingerprint density at radius 1 is 1.21 bits per heavy atom. The second-order valence-corrected chi connectivity index (χ2v) is 4.97. The largest absolute Gasteiger partial charge is 0.329 e. The predicted molar refractivity (Wildman–Crippen MR) is 76.0 cm³/mol. The molecule has 2 aliphatic rings. The third kappa shape index (κ3) is 1.94. The molecular weight excluding hydrogens is 238 g/mol. The van der Waals surface area contributed by atoms with Crippen LogP contribution in [0.1, 0.15) is 0 Å². The summed E-state index contributed by atoms with van der Waals surface area (Å²) in [5, 5.41) is 3.32. The van der Waals surface area contributed by atoms with Crippen molar-refractivity contribution in [2.45, 2.75) is 0 Å². The van der Waals surface area contributed by atoms with Gasteiger partial charge >= 0.3 is 6.03 Å². The number of nitrogens with one attached hydrogen (secondary N) is 1. The van der Waals surface area contributed by atoms with E-state index in [1.54, 1.807) is 9.80 Å². The Morgan fingerprint density at radius 2 is 1.95 bits per heavy atom. The van der Waals surface area contributed by atoms with Gasteiger partial charge < -0.3 is 10.2 Å². The summed E-state index contributed by atoms with van der Waals surface area (Å²) in [5.74, 6) is 0. The molecule has 4 nitrogen and oxygen atoms in total. The second kappa shape index (κ2) is 4.55. The number of benzene rings is 1. The quantitative estimate of drug-likeness (QED) is 0.832. The molecule has 0 atom stereocenters. The van der Waals surface area contributed by atoms with Crippen LogP contribution in [0.3, 0.4) is 0 Å². The minimum absolute atomic E-state index is 0.00741. The van der Waals surface area contributed by atoms with Crippen molar-refractivity contribution in [1.29, 1.82) is 0 Å². The van der Waals surface area contributed by atoms with E-state index >= 15 is 0 Å². The number of carbonyl (C=O) groups excluding carboxylic acids is 1. The van der Waals surface area contributed by atoms with Gasteiger partial charge in [0, 0.05) is 26.7 Å². The Labute approximate surface area is 113 Å². The summed E-state index contributed by atoms with van der Waals surface area (Å²) in [6.07, 6.45) is 0. The number of amides is 2. The average Bonchev–Trinajstić information content (AvgIpc) is 2.42. The maximum Gasteiger partial charge on any atom is 0.329 e. The minimum atomic E-state index is 0.00741. The molecule has 98 valence electrons. The Bertz CT molecular complexity index is 562. The Morgan fingerprint density at radius 3 is 2.68 bits per heavy atom. The fourth-order valence-electron chi connectivity index (χ4n) is 2.67. The lowest BCUT2D eigenvalue weighted by atomic mass is 9.99. The minimum Gasteiger partial charge on any atom is -0.323 e. The number of carbonyl (C=O) groups is 1. The predicted octanol–water partition coefficient (Wildman–Crippen LogP) is 1.97. The van der Waals surface area contributed by atoms with Crippen LogP contribution in [0, 0.1) is 0 Å². The zero-order valence-electron chi connectivity index (χ0n) is 11.0. The van der Waals surface area contributed by atoms with E-state index in [1.807, 2.05) is 37.4 Å². The summed E-state index contributed by atoms with van der Waals surface area (Å²) >= 11 is 0. The molecule has 0 saturated heterocycles. The molecule has 1 N–H and O–H groups in total. The molecule has 0 bridgehead atoms. The highest BCUT2D eigenvalue weighted by Crippen LogP contribution is 2.31. The van der Waals surface area contributed by atoms with Crippen molar-refractivity contribution in [2.24, 2.45) is 0 Å². The lowest BCUT2D eigenvalue weighted by Gasteiger charge is -2.40. The summed E-state index contributed by atoms with van der Waals surface area (Å²) in [6, 6.07) is 9.76. The molecule has 0 aliphatic carbocycles. The highest BCUT2D eigenvalue weighted by atomic mass is 16.2. The molecule has 1 aromatic rings. The van der Waals surface area contributed by atoms with Gasteiger partial charge in [-0.15, -0.1) is 0 Å².